The summed E-state index contributed by atoms with van der Waals surface area (Å²) in [7, 11) is 1.73. The van der Waals surface area contributed by atoms with Crippen LogP contribution < -0.4 is 5.32 Å². The molecule has 1 aliphatic heterocycles. The summed E-state index contributed by atoms with van der Waals surface area (Å²) in [6, 6.07) is 3.24. The number of phenols is 2. The van der Waals surface area contributed by atoms with Crippen LogP contribution in [0.15, 0.2) is 48.0 Å². The first-order valence-electron chi connectivity index (χ1n) is 12.0. The highest BCUT2D eigenvalue weighted by Gasteiger charge is 2.16. The van der Waals surface area contributed by atoms with Gasteiger partial charge in [0, 0.05) is 31.3 Å². The summed E-state index contributed by atoms with van der Waals surface area (Å²) in [5.74, 6) is 0.142. The number of carbonyl (C=O) groups is 1. The monoisotopic (exact) mass is 470 g/mol. The molecule has 0 saturated heterocycles. The van der Waals surface area contributed by atoms with E-state index < -0.39 is 0 Å². The predicted molar refractivity (Wildman–Crippen MR) is 136 cm³/mol. The SMILES string of the molecule is C=C1OCC/C=C/CC/C=C/C(=NC)Cc2cc(O)cc(O)c21.O=C(CO)NC1CCCCC1. The summed E-state index contributed by atoms with van der Waals surface area (Å²) in [5.41, 5.74) is 2.13. The van der Waals surface area contributed by atoms with Crippen molar-refractivity contribution in [3.05, 3.63) is 54.1 Å². The van der Waals surface area contributed by atoms with Crippen molar-refractivity contribution in [3.8, 4) is 11.5 Å². The van der Waals surface area contributed by atoms with Crippen molar-refractivity contribution < 1.29 is 24.9 Å². The number of benzene rings is 1. The van der Waals surface area contributed by atoms with E-state index in [-0.39, 0.29) is 24.0 Å². The Labute approximate surface area is 202 Å². The Kier molecular flexibility index (Phi) is 12.0. The Hall–Kier alpha value is -3.06. The third-order valence-electron chi connectivity index (χ3n) is 5.77. The van der Waals surface area contributed by atoms with Gasteiger partial charge in [-0.15, -0.1) is 0 Å². The number of aliphatic hydroxyl groups excluding tert-OH is 1. The number of aliphatic imine (C=N–C) groups is 1. The molecule has 34 heavy (non-hydrogen) atoms. The van der Waals surface area contributed by atoms with E-state index in [0.717, 1.165) is 43.4 Å². The fourth-order valence-electron chi connectivity index (χ4n) is 4.03. The topological polar surface area (TPSA) is 111 Å². The highest BCUT2D eigenvalue weighted by Crippen LogP contribution is 2.33. The molecule has 1 aliphatic carbocycles. The van der Waals surface area contributed by atoms with Crippen molar-refractivity contribution in [1.29, 1.82) is 0 Å². The van der Waals surface area contributed by atoms with Crippen LogP contribution in [0.4, 0.5) is 0 Å². The average molecular weight is 471 g/mol. The number of amides is 1. The molecule has 1 heterocycles. The van der Waals surface area contributed by atoms with Crippen molar-refractivity contribution in [2.45, 2.75) is 63.8 Å². The third-order valence-corrected chi connectivity index (χ3v) is 5.77. The van der Waals surface area contributed by atoms with Gasteiger partial charge in [-0.1, -0.05) is 44.1 Å². The number of ether oxygens (including phenoxy) is 1. The van der Waals surface area contributed by atoms with E-state index in [1.165, 1.54) is 25.3 Å². The first-order valence-corrected chi connectivity index (χ1v) is 12.0. The number of rotatable bonds is 2. The second-order valence-corrected chi connectivity index (χ2v) is 8.46. The van der Waals surface area contributed by atoms with E-state index in [2.05, 4.69) is 35.1 Å². The number of allylic oxidation sites excluding steroid dienone is 3. The van der Waals surface area contributed by atoms with Gasteiger partial charge in [0.25, 0.3) is 0 Å². The zero-order valence-electron chi connectivity index (χ0n) is 20.1. The average Bonchev–Trinajstić information content (AvgIpc) is 2.82. The highest BCUT2D eigenvalue weighted by molar-refractivity contribution is 5.97. The van der Waals surface area contributed by atoms with Crippen molar-refractivity contribution in [2.24, 2.45) is 4.99 Å². The number of nitrogens with zero attached hydrogens (tertiary/aromatic N) is 1. The van der Waals surface area contributed by atoms with Crippen molar-refractivity contribution in [2.75, 3.05) is 20.3 Å². The van der Waals surface area contributed by atoms with Gasteiger partial charge in [0.15, 0.2) is 0 Å². The van der Waals surface area contributed by atoms with Gasteiger partial charge in [0.2, 0.25) is 5.91 Å². The maximum absolute atomic E-state index is 10.7. The molecule has 0 spiro atoms. The van der Waals surface area contributed by atoms with Crippen LogP contribution in [0.2, 0.25) is 0 Å². The van der Waals surface area contributed by atoms with E-state index in [0.29, 0.717) is 30.4 Å². The molecule has 7 nitrogen and oxygen atoms in total. The fourth-order valence-corrected chi connectivity index (χ4v) is 4.03. The minimum Gasteiger partial charge on any atom is -0.508 e. The van der Waals surface area contributed by atoms with Gasteiger partial charge in [-0.05, 0) is 49.8 Å². The molecule has 1 saturated carbocycles. The van der Waals surface area contributed by atoms with E-state index in [9.17, 15) is 15.0 Å². The van der Waals surface area contributed by atoms with E-state index >= 15 is 0 Å². The number of hydrogen-bond acceptors (Lipinski definition) is 6. The van der Waals surface area contributed by atoms with Gasteiger partial charge < -0.3 is 25.4 Å². The van der Waals surface area contributed by atoms with Crippen LogP contribution in [-0.4, -0.2) is 53.2 Å². The summed E-state index contributed by atoms with van der Waals surface area (Å²) >= 11 is 0. The minimum absolute atomic E-state index is 0.0116. The first kappa shape index (κ1) is 27.2. The van der Waals surface area contributed by atoms with Crippen LogP contribution in [0.25, 0.3) is 5.76 Å². The van der Waals surface area contributed by atoms with Crippen LogP contribution in [0.1, 0.15) is 62.5 Å². The predicted octanol–water partition coefficient (Wildman–Crippen LogP) is 4.42. The van der Waals surface area contributed by atoms with Crippen LogP contribution >= 0.6 is 0 Å². The lowest BCUT2D eigenvalue weighted by Gasteiger charge is -2.22. The summed E-state index contributed by atoms with van der Waals surface area (Å²) < 4.78 is 5.66. The maximum atomic E-state index is 10.7. The Morgan fingerprint density at radius 2 is 1.82 bits per heavy atom. The quantitative estimate of drug-likeness (QED) is 0.478. The Bertz CT molecular complexity index is 899. The molecule has 0 atom stereocenters. The molecule has 1 amide bonds. The van der Waals surface area contributed by atoms with Gasteiger partial charge in [0.05, 0.1) is 12.2 Å². The molecule has 1 aromatic rings. The molecule has 0 unspecified atom stereocenters. The Morgan fingerprint density at radius 1 is 1.12 bits per heavy atom. The molecule has 1 aromatic carbocycles. The van der Waals surface area contributed by atoms with Gasteiger partial charge >= 0.3 is 0 Å². The lowest BCUT2D eigenvalue weighted by atomic mass is 9.95. The smallest absolute Gasteiger partial charge is 0.245 e. The molecule has 4 N–H and O–H groups in total. The lowest BCUT2D eigenvalue weighted by Crippen LogP contribution is -2.37. The number of aliphatic hydroxyl groups is 1. The lowest BCUT2D eigenvalue weighted by molar-refractivity contribution is -0.124. The summed E-state index contributed by atoms with van der Waals surface area (Å²) in [5, 5.41) is 31.2. The van der Waals surface area contributed by atoms with Crippen molar-refractivity contribution in [1.82, 2.24) is 5.32 Å². The van der Waals surface area contributed by atoms with Crippen molar-refractivity contribution in [3.63, 3.8) is 0 Å². The summed E-state index contributed by atoms with van der Waals surface area (Å²) in [6.45, 7) is 4.04. The number of fused-ring (bicyclic) bond motifs is 1. The second kappa shape index (κ2) is 15.0. The maximum Gasteiger partial charge on any atom is 0.245 e. The van der Waals surface area contributed by atoms with Gasteiger partial charge in [0.1, 0.15) is 23.9 Å². The van der Waals surface area contributed by atoms with E-state index in [4.69, 9.17) is 9.84 Å². The molecule has 186 valence electrons. The zero-order valence-corrected chi connectivity index (χ0v) is 20.1. The van der Waals surface area contributed by atoms with Crippen LogP contribution in [0, 0.1) is 0 Å². The number of carbonyl (C=O) groups excluding carboxylic acids is 1. The first-order chi connectivity index (χ1) is 16.4. The normalized spacial score (nSPS) is 20.6. The standard InChI is InChI=1S/C19H23NO3.C8H15NO2/c1-14-19-15(12-17(21)13-18(19)22)11-16(20-2)9-7-5-3-4-6-8-10-23-14;10-6-8(11)9-7-4-2-1-3-5-7/h4,6-7,9,12-13,21-22H,1,3,5,8,10-11H2,2H3;7,10H,1-6H2,(H,9,11)/b6-4+,9-7+,20-16?;. The number of phenolic OH excluding ortho intramolecular Hbond substituents is 2. The van der Waals surface area contributed by atoms with E-state index in [1.54, 1.807) is 13.1 Å². The Balaban J connectivity index is 0.000000310. The fraction of sp³-hybridized carbons (Fsp3) is 0.481. The molecule has 3 rings (SSSR count). The highest BCUT2D eigenvalue weighted by atomic mass is 16.5. The van der Waals surface area contributed by atoms with Gasteiger partial charge in [-0.25, -0.2) is 0 Å². The number of aromatic hydroxyl groups is 2. The number of hydrogen-bond donors (Lipinski definition) is 4. The molecule has 7 heteroatoms. The van der Waals surface area contributed by atoms with Crippen LogP contribution in [-0.2, 0) is 16.0 Å². The molecule has 0 bridgehead atoms. The van der Waals surface area contributed by atoms with Gasteiger partial charge in [-0.2, -0.15) is 0 Å². The molecule has 1 fully saturated rings. The third kappa shape index (κ3) is 9.43. The van der Waals surface area contributed by atoms with Gasteiger partial charge in [-0.3, -0.25) is 9.79 Å². The van der Waals surface area contributed by atoms with Crippen molar-refractivity contribution >= 4 is 17.4 Å². The zero-order chi connectivity index (χ0) is 24.8. The summed E-state index contributed by atoms with van der Waals surface area (Å²) in [6.07, 6.45) is 17.3. The summed E-state index contributed by atoms with van der Waals surface area (Å²) in [4.78, 5) is 15.0. The Morgan fingerprint density at radius 3 is 2.53 bits per heavy atom. The molecular formula is C27H38N2O5. The largest absolute Gasteiger partial charge is 0.508 e. The minimum atomic E-state index is -0.378. The second-order valence-electron chi connectivity index (χ2n) is 8.46. The molecule has 2 aliphatic rings. The number of nitrogens with one attached hydrogen (secondary N) is 1. The molecule has 0 aromatic heterocycles. The molecule has 0 radical (unpaired) electrons. The van der Waals surface area contributed by atoms with E-state index in [1.807, 2.05) is 6.08 Å². The molecular weight excluding hydrogens is 432 g/mol. The van der Waals surface area contributed by atoms with Crippen LogP contribution in [0.5, 0.6) is 11.5 Å². The van der Waals surface area contributed by atoms with Crippen LogP contribution in [0.3, 0.4) is 0 Å².